The summed E-state index contributed by atoms with van der Waals surface area (Å²) in [5.41, 5.74) is 9.48. The lowest BCUT2D eigenvalue weighted by Crippen LogP contribution is -2.25. The number of esters is 1. The molecule has 0 bridgehead atoms. The minimum atomic E-state index is -0.651. The second kappa shape index (κ2) is 8.41. The Balaban J connectivity index is 1.83. The minimum Gasteiger partial charge on any atom is -0.463 e. The van der Waals surface area contributed by atoms with Crippen LogP contribution >= 0.6 is 0 Å². The summed E-state index contributed by atoms with van der Waals surface area (Å²) in [5, 5.41) is 10.9. The van der Waals surface area contributed by atoms with Crippen LogP contribution in [0.4, 0.5) is 0 Å². The molecule has 1 unspecified atom stereocenters. The molecule has 0 radical (unpaired) electrons. The number of carbonyl (C=O) groups excluding carboxylic acids is 1. The Labute approximate surface area is 180 Å². The summed E-state index contributed by atoms with van der Waals surface area (Å²) in [5.74, 6) is -0.801. The first-order valence-electron chi connectivity index (χ1n) is 10.1. The topological polar surface area (TPSA) is 90.3 Å². The number of nitrogens with two attached hydrogens (primary N) is 1. The number of ether oxygens (including phenoxy) is 2. The highest BCUT2D eigenvalue weighted by Gasteiger charge is 2.36. The number of nitriles is 1. The second-order valence-electron chi connectivity index (χ2n) is 7.36. The van der Waals surface area contributed by atoms with Crippen molar-refractivity contribution in [2.75, 3.05) is 6.61 Å². The third-order valence-electron chi connectivity index (χ3n) is 5.43. The lowest BCUT2D eigenvalue weighted by molar-refractivity contribution is -0.139. The number of rotatable bonds is 5. The minimum absolute atomic E-state index is 0.0119. The number of nitrogens with zero attached hydrogens (tertiary/aromatic N) is 2. The standard InChI is InChI=1S/C25H23N3O3/c1-3-30-25(29)22-16(2)31-24(27)20(14-26)23(22)19-10-9-18-11-12-28(21(18)13-19)15-17-7-5-4-6-8-17/h4-13,23H,3,15,27H2,1-2H3. The summed E-state index contributed by atoms with van der Waals surface area (Å²) in [6.45, 7) is 4.34. The van der Waals surface area contributed by atoms with Gasteiger partial charge in [-0.2, -0.15) is 5.26 Å². The molecule has 1 atom stereocenters. The number of allylic oxidation sites excluding steroid dienone is 2. The van der Waals surface area contributed by atoms with Crippen LogP contribution in [0.2, 0.25) is 0 Å². The summed E-state index contributed by atoms with van der Waals surface area (Å²) in [6, 6.07) is 20.3. The van der Waals surface area contributed by atoms with E-state index in [-0.39, 0.29) is 18.1 Å². The molecular formula is C25H23N3O3. The monoisotopic (exact) mass is 413 g/mol. The zero-order valence-electron chi connectivity index (χ0n) is 17.5. The van der Waals surface area contributed by atoms with E-state index >= 15 is 0 Å². The molecule has 6 heteroatoms. The second-order valence-corrected chi connectivity index (χ2v) is 7.36. The molecule has 0 aliphatic carbocycles. The Bertz CT molecular complexity index is 1250. The summed E-state index contributed by atoms with van der Waals surface area (Å²) in [4.78, 5) is 12.7. The predicted octanol–water partition coefficient (Wildman–Crippen LogP) is 4.33. The summed E-state index contributed by atoms with van der Waals surface area (Å²) >= 11 is 0. The maximum Gasteiger partial charge on any atom is 0.338 e. The molecule has 2 heterocycles. The highest BCUT2D eigenvalue weighted by atomic mass is 16.5. The maximum atomic E-state index is 12.7. The van der Waals surface area contributed by atoms with Crippen LogP contribution in [0.3, 0.4) is 0 Å². The van der Waals surface area contributed by atoms with E-state index in [9.17, 15) is 10.1 Å². The number of aromatic nitrogens is 1. The summed E-state index contributed by atoms with van der Waals surface area (Å²) < 4.78 is 12.9. The van der Waals surface area contributed by atoms with Gasteiger partial charge in [-0.1, -0.05) is 42.5 Å². The zero-order chi connectivity index (χ0) is 22.0. The van der Waals surface area contributed by atoms with E-state index in [1.807, 2.05) is 42.6 Å². The van der Waals surface area contributed by atoms with E-state index in [0.717, 1.165) is 16.5 Å². The molecule has 2 N–H and O–H groups in total. The quantitative estimate of drug-likeness (QED) is 0.629. The summed E-state index contributed by atoms with van der Waals surface area (Å²) in [7, 11) is 0. The van der Waals surface area contributed by atoms with Crippen molar-refractivity contribution < 1.29 is 14.3 Å². The first-order chi connectivity index (χ1) is 15.0. The van der Waals surface area contributed by atoms with Gasteiger partial charge in [0.1, 0.15) is 17.4 Å². The third-order valence-corrected chi connectivity index (χ3v) is 5.43. The van der Waals surface area contributed by atoms with Crippen LogP contribution in [0, 0.1) is 11.3 Å². The van der Waals surface area contributed by atoms with Crippen molar-refractivity contribution in [2.45, 2.75) is 26.3 Å². The Kier molecular flexibility index (Phi) is 5.50. The average molecular weight is 413 g/mol. The molecule has 1 aliphatic heterocycles. The highest BCUT2D eigenvalue weighted by molar-refractivity contribution is 5.93. The van der Waals surface area contributed by atoms with Crippen molar-refractivity contribution >= 4 is 16.9 Å². The van der Waals surface area contributed by atoms with E-state index in [2.05, 4.69) is 28.8 Å². The molecule has 156 valence electrons. The van der Waals surface area contributed by atoms with Gasteiger partial charge >= 0.3 is 5.97 Å². The van der Waals surface area contributed by atoms with Crippen molar-refractivity contribution in [3.8, 4) is 6.07 Å². The molecule has 0 saturated carbocycles. The third kappa shape index (κ3) is 3.78. The summed E-state index contributed by atoms with van der Waals surface area (Å²) in [6.07, 6.45) is 2.04. The van der Waals surface area contributed by atoms with E-state index in [4.69, 9.17) is 15.2 Å². The molecule has 0 spiro atoms. The van der Waals surface area contributed by atoms with Crippen molar-refractivity contribution in [3.63, 3.8) is 0 Å². The van der Waals surface area contributed by atoms with Crippen LogP contribution in [-0.2, 0) is 20.8 Å². The average Bonchev–Trinajstić information content (AvgIpc) is 3.16. The molecule has 3 aromatic rings. The number of benzene rings is 2. The van der Waals surface area contributed by atoms with Gasteiger partial charge in [0.2, 0.25) is 5.88 Å². The van der Waals surface area contributed by atoms with Gasteiger partial charge in [0, 0.05) is 18.3 Å². The maximum absolute atomic E-state index is 12.7. The van der Waals surface area contributed by atoms with Crippen LogP contribution in [0.25, 0.3) is 10.9 Å². The molecule has 0 saturated heterocycles. The van der Waals surface area contributed by atoms with Gasteiger partial charge in [0.15, 0.2) is 0 Å². The molecule has 31 heavy (non-hydrogen) atoms. The fourth-order valence-electron chi connectivity index (χ4n) is 3.99. The van der Waals surface area contributed by atoms with Gasteiger partial charge in [0.25, 0.3) is 0 Å². The van der Waals surface area contributed by atoms with Crippen LogP contribution in [0.5, 0.6) is 0 Å². The number of carbonyl (C=O) groups is 1. The lowest BCUT2D eigenvalue weighted by Gasteiger charge is -2.27. The normalized spacial score (nSPS) is 16.2. The molecule has 4 rings (SSSR count). The van der Waals surface area contributed by atoms with Gasteiger partial charge in [-0.3, -0.25) is 0 Å². The smallest absolute Gasteiger partial charge is 0.338 e. The highest BCUT2D eigenvalue weighted by Crippen LogP contribution is 2.40. The predicted molar refractivity (Wildman–Crippen MR) is 117 cm³/mol. The van der Waals surface area contributed by atoms with Gasteiger partial charge in [0.05, 0.1) is 18.1 Å². The number of hydrogen-bond acceptors (Lipinski definition) is 5. The van der Waals surface area contributed by atoms with Gasteiger partial charge in [-0.25, -0.2) is 4.79 Å². The first kappa shape index (κ1) is 20.3. The molecule has 1 aliphatic rings. The van der Waals surface area contributed by atoms with Crippen molar-refractivity contribution in [3.05, 3.63) is 94.7 Å². The number of hydrogen-bond donors (Lipinski definition) is 1. The molecule has 2 aromatic carbocycles. The fourth-order valence-corrected chi connectivity index (χ4v) is 3.99. The van der Waals surface area contributed by atoms with Crippen LogP contribution in [0.1, 0.15) is 30.9 Å². The molecule has 0 fully saturated rings. The van der Waals surface area contributed by atoms with E-state index in [0.29, 0.717) is 17.9 Å². The Hall–Kier alpha value is -3.98. The Morgan fingerprint density at radius 1 is 1.23 bits per heavy atom. The molecule has 1 aromatic heterocycles. The number of fused-ring (bicyclic) bond motifs is 1. The van der Waals surface area contributed by atoms with Crippen LogP contribution in [-0.4, -0.2) is 17.1 Å². The van der Waals surface area contributed by atoms with Gasteiger partial charge in [-0.15, -0.1) is 0 Å². The van der Waals surface area contributed by atoms with Crippen molar-refractivity contribution in [1.29, 1.82) is 5.26 Å². The van der Waals surface area contributed by atoms with Crippen LogP contribution in [0.15, 0.2) is 83.6 Å². The largest absolute Gasteiger partial charge is 0.463 e. The van der Waals surface area contributed by atoms with Crippen LogP contribution < -0.4 is 5.73 Å². The van der Waals surface area contributed by atoms with Crippen molar-refractivity contribution in [2.24, 2.45) is 5.73 Å². The zero-order valence-corrected chi connectivity index (χ0v) is 17.5. The molecular weight excluding hydrogens is 390 g/mol. The van der Waals surface area contributed by atoms with E-state index in [1.54, 1.807) is 13.8 Å². The SMILES string of the molecule is CCOC(=O)C1=C(C)OC(N)=C(C#N)C1c1ccc2ccn(Cc3ccccc3)c2c1. The van der Waals surface area contributed by atoms with Gasteiger partial charge in [-0.05, 0) is 42.5 Å². The Morgan fingerprint density at radius 2 is 2.00 bits per heavy atom. The Morgan fingerprint density at radius 3 is 2.71 bits per heavy atom. The molecule has 0 amide bonds. The van der Waals surface area contributed by atoms with Crippen molar-refractivity contribution in [1.82, 2.24) is 4.57 Å². The lowest BCUT2D eigenvalue weighted by atomic mass is 9.83. The van der Waals surface area contributed by atoms with E-state index in [1.165, 1.54) is 5.56 Å². The molecule has 6 nitrogen and oxygen atoms in total. The van der Waals surface area contributed by atoms with E-state index < -0.39 is 11.9 Å². The first-order valence-corrected chi connectivity index (χ1v) is 10.1. The van der Waals surface area contributed by atoms with Gasteiger partial charge < -0.3 is 19.8 Å². The fraction of sp³-hybridized carbons (Fsp3) is 0.200.